The quantitative estimate of drug-likeness (QED) is 0.860. The summed E-state index contributed by atoms with van der Waals surface area (Å²) < 4.78 is 10.7. The van der Waals surface area contributed by atoms with E-state index in [2.05, 4.69) is 19.2 Å². The average Bonchev–Trinajstić information content (AvgIpc) is 2.36. The minimum atomic E-state index is -0.121. The maximum Gasteiger partial charge on any atom is 0.258 e. The van der Waals surface area contributed by atoms with Gasteiger partial charge in [-0.1, -0.05) is 19.9 Å². The van der Waals surface area contributed by atoms with Crippen molar-refractivity contribution in [3.63, 3.8) is 0 Å². The van der Waals surface area contributed by atoms with E-state index >= 15 is 0 Å². The third-order valence-electron chi connectivity index (χ3n) is 3.07. The number of methoxy groups -OCH3 is 1. The first kappa shape index (κ1) is 15.3. The Morgan fingerprint density at radius 2 is 1.95 bits per heavy atom. The molecule has 0 bridgehead atoms. The molecule has 1 N–H and O–H groups in total. The second-order valence-corrected chi connectivity index (χ2v) is 5.04. The molecule has 0 saturated carbocycles. The maximum absolute atomic E-state index is 11.7. The Kier molecular flexibility index (Phi) is 5.67. The first-order valence-corrected chi connectivity index (χ1v) is 6.50. The molecule has 1 unspecified atom stereocenters. The predicted octanol–water partition coefficient (Wildman–Crippen LogP) is 2.54. The van der Waals surface area contributed by atoms with E-state index < -0.39 is 0 Å². The van der Waals surface area contributed by atoms with Gasteiger partial charge >= 0.3 is 0 Å². The molecular formula is C15H23NO3. The van der Waals surface area contributed by atoms with Crippen LogP contribution in [0.15, 0.2) is 18.2 Å². The van der Waals surface area contributed by atoms with Gasteiger partial charge in [-0.25, -0.2) is 0 Å². The first-order valence-electron chi connectivity index (χ1n) is 6.50. The molecule has 1 rings (SSSR count). The Morgan fingerprint density at radius 3 is 2.53 bits per heavy atom. The highest BCUT2D eigenvalue weighted by Crippen LogP contribution is 2.27. The van der Waals surface area contributed by atoms with Crippen LogP contribution in [0.3, 0.4) is 0 Å². The fraction of sp³-hybridized carbons (Fsp3) is 0.533. The molecule has 0 radical (unpaired) electrons. The molecule has 0 aromatic heterocycles. The molecule has 1 aromatic carbocycles. The number of rotatable bonds is 6. The van der Waals surface area contributed by atoms with Gasteiger partial charge in [-0.3, -0.25) is 4.79 Å². The van der Waals surface area contributed by atoms with Crippen LogP contribution in [-0.2, 0) is 4.79 Å². The van der Waals surface area contributed by atoms with Crippen molar-refractivity contribution < 1.29 is 14.3 Å². The van der Waals surface area contributed by atoms with E-state index in [0.29, 0.717) is 17.4 Å². The second kappa shape index (κ2) is 7.02. The summed E-state index contributed by atoms with van der Waals surface area (Å²) in [6.07, 6.45) is 0. The number of ether oxygens (including phenoxy) is 2. The topological polar surface area (TPSA) is 47.6 Å². The van der Waals surface area contributed by atoms with Crippen molar-refractivity contribution >= 4 is 5.91 Å². The van der Waals surface area contributed by atoms with Crippen LogP contribution in [0.1, 0.15) is 26.3 Å². The zero-order chi connectivity index (χ0) is 14.4. The zero-order valence-electron chi connectivity index (χ0n) is 12.3. The van der Waals surface area contributed by atoms with Crippen molar-refractivity contribution in [1.29, 1.82) is 0 Å². The Balaban J connectivity index is 2.55. The third-order valence-corrected chi connectivity index (χ3v) is 3.07. The van der Waals surface area contributed by atoms with Crippen LogP contribution in [0.5, 0.6) is 11.5 Å². The zero-order valence-corrected chi connectivity index (χ0v) is 12.3. The highest BCUT2D eigenvalue weighted by Gasteiger charge is 2.12. The van der Waals surface area contributed by atoms with Gasteiger partial charge in [-0.2, -0.15) is 0 Å². The summed E-state index contributed by atoms with van der Waals surface area (Å²) in [4.78, 5) is 11.7. The highest BCUT2D eigenvalue weighted by atomic mass is 16.5. The molecule has 0 aliphatic heterocycles. The number of hydrogen-bond acceptors (Lipinski definition) is 3. The molecule has 19 heavy (non-hydrogen) atoms. The van der Waals surface area contributed by atoms with E-state index in [-0.39, 0.29) is 18.6 Å². The molecule has 0 spiro atoms. The standard InChI is InChI=1S/C15H23NO3/c1-10(2)12(4)16-15(17)9-19-13-7-6-11(3)8-14(13)18-5/h6-8,10,12H,9H2,1-5H3,(H,16,17). The van der Waals surface area contributed by atoms with Crippen LogP contribution in [0.25, 0.3) is 0 Å². The van der Waals surface area contributed by atoms with Gasteiger partial charge in [0, 0.05) is 6.04 Å². The number of amides is 1. The fourth-order valence-electron chi connectivity index (χ4n) is 1.50. The molecule has 4 heteroatoms. The predicted molar refractivity (Wildman–Crippen MR) is 75.7 cm³/mol. The monoisotopic (exact) mass is 265 g/mol. The molecule has 0 aliphatic rings. The van der Waals surface area contributed by atoms with Crippen molar-refractivity contribution in [1.82, 2.24) is 5.32 Å². The number of carbonyl (C=O) groups excluding carboxylic acids is 1. The Labute approximate surface area is 115 Å². The number of aryl methyl sites for hydroxylation is 1. The van der Waals surface area contributed by atoms with Crippen LogP contribution in [0.2, 0.25) is 0 Å². The lowest BCUT2D eigenvalue weighted by Crippen LogP contribution is -2.38. The van der Waals surface area contributed by atoms with Gasteiger partial charge in [-0.15, -0.1) is 0 Å². The molecule has 4 nitrogen and oxygen atoms in total. The summed E-state index contributed by atoms with van der Waals surface area (Å²) in [5.74, 6) is 1.51. The van der Waals surface area contributed by atoms with Crippen molar-refractivity contribution in [3.8, 4) is 11.5 Å². The normalized spacial score (nSPS) is 12.1. The molecule has 1 aromatic rings. The molecule has 0 fully saturated rings. The number of carbonyl (C=O) groups is 1. The summed E-state index contributed by atoms with van der Waals surface area (Å²) >= 11 is 0. The second-order valence-electron chi connectivity index (χ2n) is 5.04. The van der Waals surface area contributed by atoms with Crippen LogP contribution in [0, 0.1) is 12.8 Å². The van der Waals surface area contributed by atoms with Crippen LogP contribution < -0.4 is 14.8 Å². The molecular weight excluding hydrogens is 242 g/mol. The van der Waals surface area contributed by atoms with Crippen molar-refractivity contribution in [2.45, 2.75) is 33.7 Å². The lowest BCUT2D eigenvalue weighted by Gasteiger charge is -2.18. The molecule has 0 aliphatic carbocycles. The molecule has 106 valence electrons. The number of benzene rings is 1. The lowest BCUT2D eigenvalue weighted by molar-refractivity contribution is -0.124. The number of nitrogens with one attached hydrogen (secondary N) is 1. The van der Waals surface area contributed by atoms with Crippen molar-refractivity contribution in [3.05, 3.63) is 23.8 Å². The minimum absolute atomic E-state index is 0.00349. The average molecular weight is 265 g/mol. The van der Waals surface area contributed by atoms with Gasteiger partial charge in [0.15, 0.2) is 18.1 Å². The van der Waals surface area contributed by atoms with E-state index in [0.717, 1.165) is 5.56 Å². The largest absolute Gasteiger partial charge is 0.493 e. The minimum Gasteiger partial charge on any atom is -0.493 e. The van der Waals surface area contributed by atoms with Gasteiger partial charge in [0.2, 0.25) is 0 Å². The number of hydrogen-bond donors (Lipinski definition) is 1. The van der Waals surface area contributed by atoms with Crippen molar-refractivity contribution in [2.75, 3.05) is 13.7 Å². The summed E-state index contributed by atoms with van der Waals surface area (Å²) in [5.41, 5.74) is 1.09. The van der Waals surface area contributed by atoms with E-state index in [1.165, 1.54) is 0 Å². The smallest absolute Gasteiger partial charge is 0.258 e. The molecule has 1 atom stereocenters. The molecule has 0 saturated heterocycles. The maximum atomic E-state index is 11.7. The van der Waals surface area contributed by atoms with Crippen LogP contribution in [-0.4, -0.2) is 25.7 Å². The van der Waals surface area contributed by atoms with E-state index in [4.69, 9.17) is 9.47 Å². The van der Waals surface area contributed by atoms with Gasteiger partial charge in [0.1, 0.15) is 0 Å². The summed E-state index contributed by atoms with van der Waals surface area (Å²) in [6, 6.07) is 5.75. The van der Waals surface area contributed by atoms with Gasteiger partial charge < -0.3 is 14.8 Å². The summed E-state index contributed by atoms with van der Waals surface area (Å²) in [6.45, 7) is 8.08. The Hall–Kier alpha value is -1.71. The SMILES string of the molecule is COc1cc(C)ccc1OCC(=O)NC(C)C(C)C. The van der Waals surface area contributed by atoms with Crippen LogP contribution >= 0.6 is 0 Å². The summed E-state index contributed by atoms with van der Waals surface area (Å²) in [5, 5.41) is 2.89. The van der Waals surface area contributed by atoms with Crippen molar-refractivity contribution in [2.24, 2.45) is 5.92 Å². The first-order chi connectivity index (χ1) is 8.93. The molecule has 0 heterocycles. The Bertz CT molecular complexity index is 429. The van der Waals surface area contributed by atoms with E-state index in [1.54, 1.807) is 7.11 Å². The lowest BCUT2D eigenvalue weighted by atomic mass is 10.1. The summed E-state index contributed by atoms with van der Waals surface area (Å²) in [7, 11) is 1.59. The van der Waals surface area contributed by atoms with E-state index in [9.17, 15) is 4.79 Å². The van der Waals surface area contributed by atoms with Gasteiger partial charge in [-0.05, 0) is 37.5 Å². The van der Waals surface area contributed by atoms with Gasteiger partial charge in [0.05, 0.1) is 7.11 Å². The third kappa shape index (κ3) is 4.81. The Morgan fingerprint density at radius 1 is 1.26 bits per heavy atom. The van der Waals surface area contributed by atoms with Gasteiger partial charge in [0.25, 0.3) is 5.91 Å². The highest BCUT2D eigenvalue weighted by molar-refractivity contribution is 5.77. The van der Waals surface area contributed by atoms with Crippen LogP contribution in [0.4, 0.5) is 0 Å². The van der Waals surface area contributed by atoms with E-state index in [1.807, 2.05) is 32.0 Å². The fourth-order valence-corrected chi connectivity index (χ4v) is 1.50. The molecule has 1 amide bonds.